The average molecular weight is 622 g/mol. The molecule has 13 heteroatoms. The summed E-state index contributed by atoms with van der Waals surface area (Å²) in [5.41, 5.74) is 2.10. The third-order valence-electron chi connectivity index (χ3n) is 6.68. The van der Waals surface area contributed by atoms with Crippen LogP contribution in [-0.2, 0) is 11.3 Å². The van der Waals surface area contributed by atoms with Crippen LogP contribution in [0, 0.1) is 5.92 Å². The van der Waals surface area contributed by atoms with E-state index in [1.165, 1.54) is 29.6 Å². The van der Waals surface area contributed by atoms with Crippen LogP contribution in [0.2, 0.25) is 0 Å². The highest BCUT2D eigenvalue weighted by Crippen LogP contribution is 2.32. The Morgan fingerprint density at radius 3 is 2.37 bits per heavy atom. The number of thiazole rings is 2. The number of aliphatic hydroxyl groups excluding tert-OH is 1. The normalized spacial score (nSPS) is 14.2. The number of rotatable bonds is 11. The van der Waals surface area contributed by atoms with Gasteiger partial charge >= 0.3 is 0 Å². The van der Waals surface area contributed by atoms with E-state index in [-0.39, 0.29) is 36.6 Å². The molecule has 2 aromatic carbocycles. The highest BCUT2D eigenvalue weighted by Gasteiger charge is 2.31. The number of nitrogens with zero attached hydrogens (tertiary/aromatic N) is 2. The first-order valence-corrected chi connectivity index (χ1v) is 15.4. The van der Waals surface area contributed by atoms with Crippen molar-refractivity contribution in [3.8, 4) is 22.1 Å². The van der Waals surface area contributed by atoms with Crippen molar-refractivity contribution in [2.24, 2.45) is 5.92 Å². The molecule has 43 heavy (non-hydrogen) atoms. The zero-order chi connectivity index (χ0) is 30.5. The Morgan fingerprint density at radius 2 is 1.63 bits per heavy atom. The molecular weight excluding hydrogens is 590 g/mol. The van der Waals surface area contributed by atoms with Crippen molar-refractivity contribution < 1.29 is 29.0 Å². The first-order chi connectivity index (χ1) is 20.7. The number of hydrogen-bond donors (Lipinski definition) is 4. The van der Waals surface area contributed by atoms with Gasteiger partial charge in [-0.2, -0.15) is 0 Å². The van der Waals surface area contributed by atoms with Crippen molar-refractivity contribution >= 4 is 40.4 Å². The summed E-state index contributed by atoms with van der Waals surface area (Å²) in [6.07, 6.45) is -1.18. The number of carbonyl (C=O) groups excluding carboxylic acids is 3. The van der Waals surface area contributed by atoms with Gasteiger partial charge in [-0.25, -0.2) is 9.97 Å². The molecule has 0 saturated heterocycles. The van der Waals surface area contributed by atoms with Gasteiger partial charge in [0.15, 0.2) is 11.5 Å². The van der Waals surface area contributed by atoms with Crippen LogP contribution in [0.25, 0.3) is 10.6 Å². The van der Waals surface area contributed by atoms with Gasteiger partial charge in [-0.1, -0.05) is 50.2 Å². The summed E-state index contributed by atoms with van der Waals surface area (Å²) in [6, 6.07) is 13.1. The Hall–Kier alpha value is -4.33. The third-order valence-corrected chi connectivity index (χ3v) is 8.50. The summed E-state index contributed by atoms with van der Waals surface area (Å²) in [5.74, 6) is -0.314. The fraction of sp³-hybridized carbons (Fsp3) is 0.300. The second kappa shape index (κ2) is 13.3. The topological polar surface area (TPSA) is 152 Å². The fourth-order valence-corrected chi connectivity index (χ4v) is 6.15. The van der Waals surface area contributed by atoms with E-state index in [2.05, 4.69) is 25.9 Å². The molecule has 4 N–H and O–H groups in total. The first-order valence-electron chi connectivity index (χ1n) is 13.6. The van der Waals surface area contributed by atoms with Gasteiger partial charge in [0.1, 0.15) is 27.4 Å². The molecular formula is C30H31N5O6S2. The molecule has 3 heterocycles. The van der Waals surface area contributed by atoms with Crippen molar-refractivity contribution in [1.29, 1.82) is 0 Å². The number of hydrogen-bond acceptors (Lipinski definition) is 10. The Bertz CT molecular complexity index is 1600. The minimum absolute atomic E-state index is 0.100. The van der Waals surface area contributed by atoms with Crippen LogP contribution in [-0.4, -0.2) is 51.7 Å². The van der Waals surface area contributed by atoms with E-state index in [9.17, 15) is 19.5 Å². The molecule has 2 aromatic heterocycles. The van der Waals surface area contributed by atoms with Crippen LogP contribution in [0.1, 0.15) is 58.4 Å². The van der Waals surface area contributed by atoms with Gasteiger partial charge in [0.25, 0.3) is 11.8 Å². The number of carbonyl (C=O) groups is 3. The minimum atomic E-state index is -1.24. The maximum absolute atomic E-state index is 13.3. The van der Waals surface area contributed by atoms with Crippen LogP contribution in [0.5, 0.6) is 11.5 Å². The van der Waals surface area contributed by atoms with Crippen molar-refractivity contribution in [1.82, 2.24) is 25.9 Å². The second-order valence-corrected chi connectivity index (χ2v) is 12.0. The van der Waals surface area contributed by atoms with Gasteiger partial charge in [-0.05, 0) is 30.5 Å². The van der Waals surface area contributed by atoms with Crippen molar-refractivity contribution in [2.45, 2.75) is 45.5 Å². The molecule has 0 radical (unpaired) electrons. The number of amides is 3. The van der Waals surface area contributed by atoms with Crippen LogP contribution in [0.3, 0.4) is 0 Å². The summed E-state index contributed by atoms with van der Waals surface area (Å²) in [5, 5.41) is 23.2. The molecule has 0 fully saturated rings. The smallest absolute Gasteiger partial charge is 0.271 e. The highest BCUT2D eigenvalue weighted by atomic mass is 32.1. The maximum atomic E-state index is 13.3. The van der Waals surface area contributed by atoms with Gasteiger partial charge < -0.3 is 30.5 Å². The second-order valence-electron chi connectivity index (χ2n) is 10.3. The lowest BCUT2D eigenvalue weighted by molar-refractivity contribution is -0.126. The van der Waals surface area contributed by atoms with E-state index in [1.54, 1.807) is 16.8 Å². The summed E-state index contributed by atoms with van der Waals surface area (Å²) in [6.45, 7) is 5.68. The van der Waals surface area contributed by atoms with E-state index < -0.39 is 30.0 Å². The standard InChI is InChI=1S/C30H31N5O6S2/c1-16(2)24(30-33-20(13-43-30)26(37)31-12-18-9-10-22-23(11-18)41-15-40-22)34-28(39)25(17(3)36)35-27(38)21-14-42-29(32-21)19-7-5-4-6-8-19/h4-11,13-14,16-17,24-25,36H,12,15H2,1-3H3,(H,31,37)(H,34,39)(H,35,38)/t17-,24-,25+/m1/s1. The van der Waals surface area contributed by atoms with Crippen LogP contribution in [0.4, 0.5) is 0 Å². The SMILES string of the molecule is CC(C)[C@@H](NC(=O)[C@@H](NC(=O)c1csc(-c2ccccc2)n1)[C@@H](C)O)c1nc(C(=O)NCc2ccc3c(c2)OCO3)cs1. The van der Waals surface area contributed by atoms with Crippen LogP contribution in [0.15, 0.2) is 59.3 Å². The van der Waals surface area contributed by atoms with E-state index in [0.29, 0.717) is 21.5 Å². The lowest BCUT2D eigenvalue weighted by Gasteiger charge is -2.25. The number of nitrogens with one attached hydrogen (secondary N) is 3. The van der Waals surface area contributed by atoms with E-state index >= 15 is 0 Å². The average Bonchev–Trinajstić information content (AvgIpc) is 3.78. The Morgan fingerprint density at radius 1 is 0.907 bits per heavy atom. The quantitative estimate of drug-likeness (QED) is 0.197. The highest BCUT2D eigenvalue weighted by molar-refractivity contribution is 7.13. The zero-order valence-electron chi connectivity index (χ0n) is 23.7. The van der Waals surface area contributed by atoms with Crippen LogP contribution < -0.4 is 25.4 Å². The Balaban J connectivity index is 1.21. The molecule has 1 aliphatic heterocycles. The Kier molecular flexibility index (Phi) is 9.34. The largest absolute Gasteiger partial charge is 0.454 e. The van der Waals surface area contributed by atoms with Crippen molar-refractivity contribution in [3.63, 3.8) is 0 Å². The molecule has 224 valence electrons. The number of ether oxygens (including phenoxy) is 2. The first kappa shape index (κ1) is 30.1. The van der Waals surface area contributed by atoms with Gasteiger partial charge in [0.05, 0.1) is 12.1 Å². The van der Waals surface area contributed by atoms with Gasteiger partial charge in [-0.15, -0.1) is 22.7 Å². The summed E-state index contributed by atoms with van der Waals surface area (Å²) < 4.78 is 10.7. The van der Waals surface area contributed by atoms with E-state index in [1.807, 2.05) is 56.3 Å². The molecule has 1 aliphatic rings. The molecule has 0 aliphatic carbocycles. The molecule has 4 aromatic rings. The Labute approximate surface area is 256 Å². The fourth-order valence-electron chi connectivity index (χ4n) is 4.33. The van der Waals surface area contributed by atoms with Gasteiger partial charge in [0, 0.05) is 22.9 Å². The van der Waals surface area contributed by atoms with Crippen molar-refractivity contribution in [2.75, 3.05) is 6.79 Å². The lowest BCUT2D eigenvalue weighted by atomic mass is 10.0. The molecule has 3 amide bonds. The molecule has 0 bridgehead atoms. The molecule has 3 atom stereocenters. The monoisotopic (exact) mass is 621 g/mol. The number of benzene rings is 2. The molecule has 11 nitrogen and oxygen atoms in total. The summed E-state index contributed by atoms with van der Waals surface area (Å²) >= 11 is 2.56. The van der Waals surface area contributed by atoms with Gasteiger partial charge in [0.2, 0.25) is 12.7 Å². The summed E-state index contributed by atoms with van der Waals surface area (Å²) in [7, 11) is 0. The number of aliphatic hydroxyl groups is 1. The predicted octanol–water partition coefficient (Wildman–Crippen LogP) is 3.92. The van der Waals surface area contributed by atoms with E-state index in [0.717, 1.165) is 11.1 Å². The predicted molar refractivity (Wildman–Crippen MR) is 162 cm³/mol. The maximum Gasteiger partial charge on any atom is 0.271 e. The third kappa shape index (κ3) is 7.19. The summed E-state index contributed by atoms with van der Waals surface area (Å²) in [4.78, 5) is 48.0. The van der Waals surface area contributed by atoms with E-state index in [4.69, 9.17) is 9.47 Å². The lowest BCUT2D eigenvalue weighted by Crippen LogP contribution is -2.53. The number of fused-ring (bicyclic) bond motifs is 1. The zero-order valence-corrected chi connectivity index (χ0v) is 25.3. The molecule has 5 rings (SSSR count). The molecule has 0 spiro atoms. The van der Waals surface area contributed by atoms with Crippen molar-refractivity contribution in [3.05, 3.63) is 81.2 Å². The number of aromatic nitrogens is 2. The molecule has 0 unspecified atom stereocenters. The van der Waals surface area contributed by atoms with Gasteiger partial charge in [-0.3, -0.25) is 14.4 Å². The molecule has 0 saturated carbocycles. The minimum Gasteiger partial charge on any atom is -0.454 e. The van der Waals surface area contributed by atoms with Crippen LogP contribution >= 0.6 is 22.7 Å².